The van der Waals surface area contributed by atoms with Gasteiger partial charge < -0.3 is 14.6 Å². The molecule has 1 unspecified atom stereocenters. The number of nitrogens with zero attached hydrogens (tertiary/aromatic N) is 3. The van der Waals surface area contributed by atoms with Crippen LogP contribution in [0.25, 0.3) is 17.0 Å². The topological polar surface area (TPSA) is 80.5 Å². The summed E-state index contributed by atoms with van der Waals surface area (Å²) in [6.07, 6.45) is 1.68. The van der Waals surface area contributed by atoms with Crippen LogP contribution in [-0.2, 0) is 0 Å². The van der Waals surface area contributed by atoms with Crippen LogP contribution in [0.3, 0.4) is 0 Å². The van der Waals surface area contributed by atoms with Crippen molar-refractivity contribution in [1.29, 1.82) is 0 Å². The SMILES string of the molecule is C=CCN1C(=O)NC(c2ccc(OC)cc2)C(c2nc(-c3ccc(C)cc3)no2)=C1C. The van der Waals surface area contributed by atoms with Crippen LogP contribution in [0.1, 0.15) is 30.0 Å². The van der Waals surface area contributed by atoms with E-state index in [0.29, 0.717) is 18.3 Å². The quantitative estimate of drug-likeness (QED) is 0.587. The molecule has 4 rings (SSSR count). The van der Waals surface area contributed by atoms with Crippen molar-refractivity contribution < 1.29 is 14.1 Å². The Hall–Kier alpha value is -3.87. The van der Waals surface area contributed by atoms with Crippen molar-refractivity contribution in [3.8, 4) is 17.1 Å². The van der Waals surface area contributed by atoms with E-state index in [9.17, 15) is 4.79 Å². The minimum absolute atomic E-state index is 0.208. The van der Waals surface area contributed by atoms with Crippen LogP contribution in [0.4, 0.5) is 4.79 Å². The maximum absolute atomic E-state index is 12.8. The molecular formula is C24H24N4O3. The number of amides is 2. The van der Waals surface area contributed by atoms with E-state index < -0.39 is 6.04 Å². The smallest absolute Gasteiger partial charge is 0.322 e. The average molecular weight is 416 g/mol. The van der Waals surface area contributed by atoms with Gasteiger partial charge in [-0.15, -0.1) is 6.58 Å². The van der Waals surface area contributed by atoms with Crippen molar-refractivity contribution >= 4 is 11.6 Å². The maximum Gasteiger partial charge on any atom is 0.322 e. The summed E-state index contributed by atoms with van der Waals surface area (Å²) in [7, 11) is 1.62. The molecule has 0 saturated heterocycles. The first-order valence-electron chi connectivity index (χ1n) is 9.96. The molecule has 1 aromatic heterocycles. The Morgan fingerprint density at radius 2 is 1.87 bits per heavy atom. The third-order valence-electron chi connectivity index (χ3n) is 5.32. The molecule has 31 heavy (non-hydrogen) atoms. The summed E-state index contributed by atoms with van der Waals surface area (Å²) in [5.41, 5.74) is 4.39. The third kappa shape index (κ3) is 3.94. The van der Waals surface area contributed by atoms with E-state index in [0.717, 1.165) is 33.7 Å². The van der Waals surface area contributed by atoms with Gasteiger partial charge in [0.05, 0.1) is 18.7 Å². The molecular weight excluding hydrogens is 392 g/mol. The molecule has 1 atom stereocenters. The molecule has 2 amide bonds. The molecule has 1 aliphatic heterocycles. The van der Waals surface area contributed by atoms with Gasteiger partial charge in [0, 0.05) is 17.8 Å². The van der Waals surface area contributed by atoms with Crippen molar-refractivity contribution in [1.82, 2.24) is 20.4 Å². The molecule has 2 aromatic carbocycles. The Morgan fingerprint density at radius 1 is 1.16 bits per heavy atom. The molecule has 0 aliphatic carbocycles. The molecule has 2 heterocycles. The van der Waals surface area contributed by atoms with Gasteiger partial charge in [0.2, 0.25) is 5.82 Å². The van der Waals surface area contributed by atoms with Gasteiger partial charge in [-0.2, -0.15) is 4.98 Å². The van der Waals surface area contributed by atoms with Gasteiger partial charge in [0.1, 0.15) is 5.75 Å². The molecule has 0 bridgehead atoms. The van der Waals surface area contributed by atoms with Crippen LogP contribution < -0.4 is 10.1 Å². The highest BCUT2D eigenvalue weighted by Gasteiger charge is 2.35. The molecule has 0 fully saturated rings. The van der Waals surface area contributed by atoms with E-state index >= 15 is 0 Å². The number of carbonyl (C=O) groups excluding carboxylic acids is 1. The van der Waals surface area contributed by atoms with Crippen molar-refractivity contribution in [3.63, 3.8) is 0 Å². The molecule has 1 N–H and O–H groups in total. The van der Waals surface area contributed by atoms with Gasteiger partial charge in [0.25, 0.3) is 5.89 Å². The number of allylic oxidation sites excluding steroid dienone is 1. The lowest BCUT2D eigenvalue weighted by Gasteiger charge is -2.34. The first kappa shape index (κ1) is 20.4. The third-order valence-corrected chi connectivity index (χ3v) is 5.32. The monoisotopic (exact) mass is 416 g/mol. The number of hydrogen-bond acceptors (Lipinski definition) is 5. The molecule has 158 valence electrons. The number of ether oxygens (including phenoxy) is 1. The summed E-state index contributed by atoms with van der Waals surface area (Å²) in [4.78, 5) is 19.0. The Morgan fingerprint density at radius 3 is 2.52 bits per heavy atom. The number of urea groups is 1. The lowest BCUT2D eigenvalue weighted by Crippen LogP contribution is -2.46. The largest absolute Gasteiger partial charge is 0.497 e. The predicted octanol–water partition coefficient (Wildman–Crippen LogP) is 4.74. The van der Waals surface area contributed by atoms with Crippen LogP contribution in [-0.4, -0.2) is 34.7 Å². The van der Waals surface area contributed by atoms with Gasteiger partial charge in [-0.05, 0) is 31.5 Å². The summed E-state index contributed by atoms with van der Waals surface area (Å²) >= 11 is 0. The first-order valence-corrected chi connectivity index (χ1v) is 9.96. The summed E-state index contributed by atoms with van der Waals surface area (Å²) in [5.74, 6) is 1.60. The lowest BCUT2D eigenvalue weighted by molar-refractivity contribution is 0.209. The van der Waals surface area contributed by atoms with Crippen LogP contribution in [0, 0.1) is 6.92 Å². The minimum Gasteiger partial charge on any atom is -0.497 e. The fourth-order valence-electron chi connectivity index (χ4n) is 3.61. The van der Waals surface area contributed by atoms with Crippen LogP contribution in [0.2, 0.25) is 0 Å². The Balaban J connectivity index is 1.79. The lowest BCUT2D eigenvalue weighted by atomic mass is 9.94. The van der Waals surface area contributed by atoms with Crippen molar-refractivity contribution in [2.75, 3.05) is 13.7 Å². The summed E-state index contributed by atoms with van der Waals surface area (Å²) in [5, 5.41) is 7.23. The molecule has 0 spiro atoms. The van der Waals surface area contributed by atoms with Gasteiger partial charge in [0.15, 0.2) is 0 Å². The summed E-state index contributed by atoms with van der Waals surface area (Å²) in [6, 6.07) is 14.8. The Labute approximate surface area is 181 Å². The number of benzene rings is 2. The van der Waals surface area contributed by atoms with E-state index in [4.69, 9.17) is 9.26 Å². The second-order valence-electron chi connectivity index (χ2n) is 7.34. The van der Waals surface area contributed by atoms with Crippen LogP contribution in [0.15, 0.2) is 71.4 Å². The predicted molar refractivity (Wildman–Crippen MR) is 118 cm³/mol. The number of aromatic nitrogens is 2. The zero-order chi connectivity index (χ0) is 22.0. The molecule has 0 radical (unpaired) electrons. The number of methoxy groups -OCH3 is 1. The molecule has 1 aliphatic rings. The normalized spacial score (nSPS) is 16.3. The van der Waals surface area contributed by atoms with Crippen LogP contribution >= 0.6 is 0 Å². The van der Waals surface area contributed by atoms with E-state index in [1.54, 1.807) is 18.1 Å². The number of nitrogens with one attached hydrogen (secondary N) is 1. The number of carbonyl (C=O) groups is 1. The van der Waals surface area contributed by atoms with E-state index in [2.05, 4.69) is 22.0 Å². The number of hydrogen-bond donors (Lipinski definition) is 1. The van der Waals surface area contributed by atoms with Gasteiger partial charge in [-0.1, -0.05) is 53.2 Å². The van der Waals surface area contributed by atoms with Gasteiger partial charge in [-0.3, -0.25) is 4.90 Å². The zero-order valence-electron chi connectivity index (χ0n) is 17.8. The standard InChI is InChI=1S/C24H24N4O3/c1-5-14-28-16(3)20(21(25-24(28)29)17-10-12-19(30-4)13-11-17)23-26-22(27-31-23)18-8-6-15(2)7-9-18/h5-13,21H,1,14H2,2-4H3,(H,25,29). The highest BCUT2D eigenvalue weighted by atomic mass is 16.5. The number of rotatable bonds is 6. The molecule has 0 saturated carbocycles. The van der Waals surface area contributed by atoms with E-state index in [1.807, 2.05) is 62.4 Å². The zero-order valence-corrected chi connectivity index (χ0v) is 17.8. The van der Waals surface area contributed by atoms with Crippen molar-refractivity contribution in [3.05, 3.63) is 83.9 Å². The fraction of sp³-hybridized carbons (Fsp3) is 0.208. The maximum atomic E-state index is 12.8. The highest BCUT2D eigenvalue weighted by Crippen LogP contribution is 2.37. The minimum atomic E-state index is -0.439. The second-order valence-corrected chi connectivity index (χ2v) is 7.34. The van der Waals surface area contributed by atoms with E-state index in [-0.39, 0.29) is 6.03 Å². The fourth-order valence-corrected chi connectivity index (χ4v) is 3.61. The first-order chi connectivity index (χ1) is 15.0. The molecule has 7 nitrogen and oxygen atoms in total. The van der Waals surface area contributed by atoms with Crippen molar-refractivity contribution in [2.24, 2.45) is 0 Å². The Bertz CT molecular complexity index is 1130. The number of aryl methyl sites for hydroxylation is 1. The average Bonchev–Trinajstić information content (AvgIpc) is 3.26. The van der Waals surface area contributed by atoms with E-state index in [1.165, 1.54) is 0 Å². The molecule has 7 heteroatoms. The van der Waals surface area contributed by atoms with Gasteiger partial charge >= 0.3 is 6.03 Å². The van der Waals surface area contributed by atoms with Crippen molar-refractivity contribution in [2.45, 2.75) is 19.9 Å². The summed E-state index contributed by atoms with van der Waals surface area (Å²) < 4.78 is 10.9. The Kier molecular flexibility index (Phi) is 5.58. The highest BCUT2D eigenvalue weighted by molar-refractivity contribution is 5.87. The van der Waals surface area contributed by atoms with Crippen LogP contribution in [0.5, 0.6) is 5.75 Å². The second kappa shape index (κ2) is 8.47. The van der Waals surface area contributed by atoms with Gasteiger partial charge in [-0.25, -0.2) is 4.79 Å². The summed E-state index contributed by atoms with van der Waals surface area (Å²) in [6.45, 7) is 8.03. The molecule has 3 aromatic rings.